The largest absolute Gasteiger partial charge is 0.294 e. The van der Waals surface area contributed by atoms with Crippen molar-refractivity contribution in [1.82, 2.24) is 0 Å². The molecule has 0 radical (unpaired) electrons. The molecule has 0 spiro atoms. The normalized spacial score (nSPS) is 25.6. The second-order valence-electron chi connectivity index (χ2n) is 9.84. The molecule has 1 fully saturated rings. The van der Waals surface area contributed by atoms with E-state index in [1.54, 1.807) is 0 Å². The van der Waals surface area contributed by atoms with Crippen LogP contribution in [0.3, 0.4) is 0 Å². The van der Waals surface area contributed by atoms with Crippen LogP contribution in [0.5, 0.6) is 0 Å². The zero-order valence-corrected chi connectivity index (χ0v) is 18.3. The Labute approximate surface area is 195 Å². The van der Waals surface area contributed by atoms with Crippen LogP contribution >= 0.6 is 0 Å². The minimum atomic E-state index is -0.554. The van der Waals surface area contributed by atoms with Crippen molar-refractivity contribution in [3.05, 3.63) is 95.1 Å². The molecule has 34 heavy (non-hydrogen) atoms. The number of fused-ring (bicyclic) bond motifs is 6. The van der Waals surface area contributed by atoms with Gasteiger partial charge in [-0.1, -0.05) is 48.5 Å². The number of ketones is 4. The summed E-state index contributed by atoms with van der Waals surface area (Å²) in [5.74, 6) is -2.52. The average Bonchev–Trinajstić information content (AvgIpc) is 2.88. The van der Waals surface area contributed by atoms with Crippen LogP contribution in [0, 0.1) is 23.7 Å². The van der Waals surface area contributed by atoms with Crippen molar-refractivity contribution >= 4 is 44.7 Å². The average molecular weight is 444 g/mol. The van der Waals surface area contributed by atoms with Crippen LogP contribution in [0.4, 0.5) is 0 Å². The molecule has 3 aliphatic carbocycles. The van der Waals surface area contributed by atoms with Gasteiger partial charge in [0.15, 0.2) is 23.1 Å². The van der Waals surface area contributed by atoms with Crippen molar-refractivity contribution in [3.8, 4) is 0 Å². The minimum Gasteiger partial charge on any atom is -0.294 e. The summed E-state index contributed by atoms with van der Waals surface area (Å²) in [4.78, 5) is 54.3. The first-order chi connectivity index (χ1) is 16.5. The van der Waals surface area contributed by atoms with E-state index in [-0.39, 0.29) is 36.0 Å². The number of Topliss-reactive ketones (excluding diaryl/α,β-unsaturated/α-hetero) is 4. The molecule has 1 saturated carbocycles. The zero-order valence-electron chi connectivity index (χ0n) is 18.3. The lowest BCUT2D eigenvalue weighted by atomic mass is 9.57. The second kappa shape index (κ2) is 6.80. The fourth-order valence-electron chi connectivity index (χ4n) is 6.46. The maximum absolute atomic E-state index is 13.6. The highest BCUT2D eigenvalue weighted by molar-refractivity contribution is 6.21. The van der Waals surface area contributed by atoms with Crippen molar-refractivity contribution in [2.45, 2.75) is 12.8 Å². The molecule has 4 unspecified atom stereocenters. The fraction of sp³-hybridized carbons (Fsp3) is 0.200. The lowest BCUT2D eigenvalue weighted by Gasteiger charge is -2.43. The van der Waals surface area contributed by atoms with E-state index in [9.17, 15) is 19.2 Å². The molecule has 4 aromatic rings. The smallest absolute Gasteiger partial charge is 0.167 e. The maximum Gasteiger partial charge on any atom is 0.167 e. The lowest BCUT2D eigenvalue weighted by Crippen LogP contribution is -2.49. The van der Waals surface area contributed by atoms with Crippen molar-refractivity contribution < 1.29 is 19.2 Å². The molecule has 164 valence electrons. The number of benzene rings is 4. The Morgan fingerprint density at radius 1 is 0.412 bits per heavy atom. The number of hydrogen-bond donors (Lipinski definition) is 0. The number of carbonyl (C=O) groups is 4. The van der Waals surface area contributed by atoms with Crippen LogP contribution in [0.15, 0.2) is 72.8 Å². The fourth-order valence-corrected chi connectivity index (χ4v) is 6.46. The number of hydrogen-bond acceptors (Lipinski definition) is 4. The Morgan fingerprint density at radius 2 is 0.647 bits per heavy atom. The molecule has 0 amide bonds. The first-order valence-electron chi connectivity index (χ1n) is 11.7. The first-order valence-corrected chi connectivity index (χ1v) is 11.7. The molecule has 0 aromatic heterocycles. The molecule has 0 N–H and O–H groups in total. The lowest BCUT2D eigenvalue weighted by molar-refractivity contribution is 0.0439. The van der Waals surface area contributed by atoms with Gasteiger partial charge in [0.25, 0.3) is 0 Å². The summed E-state index contributed by atoms with van der Waals surface area (Å²) < 4.78 is 0. The highest BCUT2D eigenvalue weighted by Gasteiger charge is 2.53. The van der Waals surface area contributed by atoms with Gasteiger partial charge in [-0.25, -0.2) is 0 Å². The van der Waals surface area contributed by atoms with E-state index in [0.29, 0.717) is 22.3 Å². The SMILES string of the molecule is O=C1c2cc3ccccc3cc2C(=O)C2CC3C(=O)c4cc5ccccc5cc4C(=O)C3CC12. The Morgan fingerprint density at radius 3 is 0.882 bits per heavy atom. The third kappa shape index (κ3) is 2.54. The Hall–Kier alpha value is -3.92. The van der Waals surface area contributed by atoms with E-state index >= 15 is 0 Å². The van der Waals surface area contributed by atoms with E-state index in [1.807, 2.05) is 72.8 Å². The molecule has 0 heterocycles. The summed E-state index contributed by atoms with van der Waals surface area (Å²) in [7, 11) is 0. The summed E-state index contributed by atoms with van der Waals surface area (Å²) in [6.07, 6.45) is 0.506. The van der Waals surface area contributed by atoms with Gasteiger partial charge in [0.2, 0.25) is 0 Å². The summed E-state index contributed by atoms with van der Waals surface area (Å²) in [5.41, 5.74) is 1.79. The third-order valence-corrected chi connectivity index (χ3v) is 8.17. The van der Waals surface area contributed by atoms with Gasteiger partial charge < -0.3 is 0 Å². The highest BCUT2D eigenvalue weighted by atomic mass is 16.2. The van der Waals surface area contributed by atoms with Crippen LogP contribution in [0.2, 0.25) is 0 Å². The van der Waals surface area contributed by atoms with E-state index in [1.165, 1.54) is 0 Å². The molecule has 4 atom stereocenters. The van der Waals surface area contributed by atoms with Crippen LogP contribution in [0.1, 0.15) is 54.3 Å². The van der Waals surface area contributed by atoms with Crippen molar-refractivity contribution in [1.29, 1.82) is 0 Å². The van der Waals surface area contributed by atoms with Gasteiger partial charge in [0.05, 0.1) is 0 Å². The van der Waals surface area contributed by atoms with E-state index in [4.69, 9.17) is 0 Å². The van der Waals surface area contributed by atoms with Gasteiger partial charge in [-0.3, -0.25) is 19.2 Å². The second-order valence-corrected chi connectivity index (χ2v) is 9.84. The molecule has 0 aliphatic heterocycles. The van der Waals surface area contributed by atoms with Crippen molar-refractivity contribution in [2.75, 3.05) is 0 Å². The molecule has 4 aromatic carbocycles. The number of carbonyl (C=O) groups excluding carboxylic acids is 4. The van der Waals surface area contributed by atoms with Crippen LogP contribution in [-0.4, -0.2) is 23.1 Å². The van der Waals surface area contributed by atoms with E-state index in [0.717, 1.165) is 21.5 Å². The molecule has 7 rings (SSSR count). The quantitative estimate of drug-likeness (QED) is 0.348. The van der Waals surface area contributed by atoms with Crippen LogP contribution in [0.25, 0.3) is 21.5 Å². The topological polar surface area (TPSA) is 68.3 Å². The highest BCUT2D eigenvalue weighted by Crippen LogP contribution is 2.49. The standard InChI is InChI=1S/C30H20O4/c31-27-19-9-15-5-1-2-6-16(15)10-20(19)28(32)24-14-26-25(13-23(24)27)29(33)21-11-17-7-3-4-8-18(17)12-22(21)30(26)34/h1-12,23-26H,13-14H2. The molecule has 0 saturated heterocycles. The third-order valence-electron chi connectivity index (χ3n) is 8.17. The van der Waals surface area contributed by atoms with Gasteiger partial charge in [0, 0.05) is 45.9 Å². The molecular weight excluding hydrogens is 424 g/mol. The molecule has 3 aliphatic rings. The molecule has 4 heteroatoms. The molecule has 0 bridgehead atoms. The van der Waals surface area contributed by atoms with Gasteiger partial charge >= 0.3 is 0 Å². The predicted octanol–water partition coefficient (Wildman–Crippen LogP) is 5.71. The van der Waals surface area contributed by atoms with Crippen molar-refractivity contribution in [2.24, 2.45) is 23.7 Å². The summed E-state index contributed by atoms with van der Waals surface area (Å²) in [6.45, 7) is 0. The summed E-state index contributed by atoms with van der Waals surface area (Å²) in [6, 6.07) is 22.6. The van der Waals surface area contributed by atoms with Gasteiger partial charge in [-0.05, 0) is 58.7 Å². The monoisotopic (exact) mass is 444 g/mol. The molecular formula is C30H20O4. The number of rotatable bonds is 0. The summed E-state index contributed by atoms with van der Waals surface area (Å²) in [5, 5.41) is 3.66. The Kier molecular flexibility index (Phi) is 3.91. The maximum atomic E-state index is 13.6. The van der Waals surface area contributed by atoms with Gasteiger partial charge in [0.1, 0.15) is 0 Å². The van der Waals surface area contributed by atoms with Crippen LogP contribution < -0.4 is 0 Å². The Balaban J connectivity index is 1.33. The summed E-state index contributed by atoms with van der Waals surface area (Å²) >= 11 is 0. The first kappa shape index (κ1) is 19.5. The predicted molar refractivity (Wildman–Crippen MR) is 128 cm³/mol. The minimum absolute atomic E-state index is 0.0756. The Bertz CT molecular complexity index is 1370. The molecule has 4 nitrogen and oxygen atoms in total. The van der Waals surface area contributed by atoms with E-state index in [2.05, 4.69) is 0 Å². The van der Waals surface area contributed by atoms with Gasteiger partial charge in [-0.15, -0.1) is 0 Å². The van der Waals surface area contributed by atoms with Crippen LogP contribution in [-0.2, 0) is 0 Å². The van der Waals surface area contributed by atoms with E-state index < -0.39 is 23.7 Å². The van der Waals surface area contributed by atoms with Gasteiger partial charge in [-0.2, -0.15) is 0 Å². The van der Waals surface area contributed by atoms with Crippen molar-refractivity contribution in [3.63, 3.8) is 0 Å². The zero-order chi connectivity index (χ0) is 23.1.